The molecule has 186 valence electrons. The zero-order chi connectivity index (χ0) is 25.6. The summed E-state index contributed by atoms with van der Waals surface area (Å²) in [6.45, 7) is 25.6. The SMILES string of the molecule is CC(C)[Si](c1cc(C(C)(C)CC(C)(C)C)cc(-n2nc3ccccc3n2)c1O)(C(C)C)C(C)C. The van der Waals surface area contributed by atoms with E-state index in [2.05, 4.69) is 88.3 Å². The Morgan fingerprint density at radius 3 is 1.71 bits per heavy atom. The summed E-state index contributed by atoms with van der Waals surface area (Å²) in [7, 11) is -2.14. The number of phenolic OH excluding ortho intramolecular Hbond substituents is 1. The van der Waals surface area contributed by atoms with Gasteiger partial charge in [0.1, 0.15) is 22.5 Å². The first-order valence-corrected chi connectivity index (χ1v) is 15.0. The molecular formula is C29H45N3OSi. The smallest absolute Gasteiger partial charge is 0.142 e. The molecule has 1 aromatic heterocycles. The monoisotopic (exact) mass is 479 g/mol. The molecule has 4 nitrogen and oxygen atoms in total. The van der Waals surface area contributed by atoms with Crippen LogP contribution in [-0.4, -0.2) is 28.2 Å². The second-order valence-corrected chi connectivity index (χ2v) is 18.8. The number of aromatic hydroxyl groups is 1. The van der Waals surface area contributed by atoms with Crippen molar-refractivity contribution in [3.8, 4) is 11.4 Å². The maximum atomic E-state index is 11.9. The van der Waals surface area contributed by atoms with Gasteiger partial charge < -0.3 is 5.11 Å². The molecule has 3 rings (SSSR count). The van der Waals surface area contributed by atoms with Crippen molar-refractivity contribution in [3.05, 3.63) is 42.0 Å². The molecule has 3 aromatic rings. The minimum absolute atomic E-state index is 0.0624. The molecular weight excluding hydrogens is 434 g/mol. The summed E-state index contributed by atoms with van der Waals surface area (Å²) in [4.78, 5) is 1.65. The fourth-order valence-corrected chi connectivity index (χ4v) is 13.6. The van der Waals surface area contributed by atoms with E-state index in [1.165, 1.54) is 5.56 Å². The molecule has 0 aliphatic carbocycles. The van der Waals surface area contributed by atoms with E-state index in [4.69, 9.17) is 10.2 Å². The van der Waals surface area contributed by atoms with Gasteiger partial charge in [-0.3, -0.25) is 0 Å². The zero-order valence-corrected chi connectivity index (χ0v) is 24.2. The molecule has 0 unspecified atom stereocenters. The fourth-order valence-electron chi connectivity index (χ4n) is 6.82. The van der Waals surface area contributed by atoms with Crippen molar-refractivity contribution < 1.29 is 5.11 Å². The predicted octanol–water partition coefficient (Wildman–Crippen LogP) is 7.73. The molecule has 0 radical (unpaired) electrons. The lowest BCUT2D eigenvalue weighted by atomic mass is 9.72. The first-order chi connectivity index (χ1) is 15.6. The number of hydrogen-bond acceptors (Lipinski definition) is 3. The number of rotatable bonds is 7. The van der Waals surface area contributed by atoms with Gasteiger partial charge in [-0.15, -0.1) is 15.0 Å². The Hall–Kier alpha value is -2.14. The minimum Gasteiger partial charge on any atom is -0.506 e. The molecule has 2 aromatic carbocycles. The number of hydrogen-bond donors (Lipinski definition) is 1. The highest BCUT2D eigenvalue weighted by molar-refractivity contribution is 6.95. The second kappa shape index (κ2) is 9.14. The van der Waals surface area contributed by atoms with Gasteiger partial charge >= 0.3 is 0 Å². The zero-order valence-electron chi connectivity index (χ0n) is 23.2. The maximum absolute atomic E-state index is 11.9. The van der Waals surface area contributed by atoms with Crippen LogP contribution in [0.25, 0.3) is 16.7 Å². The Bertz CT molecular complexity index is 1100. The predicted molar refractivity (Wildman–Crippen MR) is 148 cm³/mol. The van der Waals surface area contributed by atoms with Crippen LogP contribution in [0.1, 0.15) is 88.1 Å². The van der Waals surface area contributed by atoms with E-state index in [1.54, 1.807) is 4.80 Å². The Balaban J connectivity index is 2.40. The Labute approximate surface area is 207 Å². The molecule has 1 heterocycles. The average molecular weight is 480 g/mol. The quantitative estimate of drug-likeness (QED) is 0.353. The molecule has 1 N–H and O–H groups in total. The third-order valence-electron chi connectivity index (χ3n) is 7.68. The van der Waals surface area contributed by atoms with E-state index in [9.17, 15) is 5.11 Å². The van der Waals surface area contributed by atoms with Crippen molar-refractivity contribution in [1.82, 2.24) is 15.0 Å². The van der Waals surface area contributed by atoms with Gasteiger partial charge in [-0.2, -0.15) is 0 Å². The standard InChI is InChI=1S/C29H45N3OSi/c1-19(2)34(20(3)4,21(5)6)26-17-22(29(10,11)18-28(7,8)9)16-25(27(26)33)32-30-23-14-12-13-15-24(23)31-32/h12-17,19-21,33H,18H2,1-11H3. The third kappa shape index (κ3) is 4.68. The van der Waals surface area contributed by atoms with Crippen molar-refractivity contribution in [2.24, 2.45) is 5.41 Å². The lowest BCUT2D eigenvalue weighted by Crippen LogP contribution is -2.56. The lowest BCUT2D eigenvalue weighted by molar-refractivity contribution is 0.284. The summed E-state index contributed by atoms with van der Waals surface area (Å²) in [5.41, 5.74) is 5.20. The number of nitrogens with zero attached hydrogens (tertiary/aromatic N) is 3. The van der Waals surface area contributed by atoms with Crippen LogP contribution < -0.4 is 5.19 Å². The first-order valence-electron chi connectivity index (χ1n) is 12.8. The molecule has 0 aliphatic heterocycles. The van der Waals surface area contributed by atoms with E-state index in [0.717, 1.165) is 22.6 Å². The van der Waals surface area contributed by atoms with Gasteiger partial charge in [0.25, 0.3) is 0 Å². The Morgan fingerprint density at radius 2 is 1.29 bits per heavy atom. The van der Waals surface area contributed by atoms with Gasteiger partial charge in [0, 0.05) is 0 Å². The molecule has 0 bridgehead atoms. The minimum atomic E-state index is -2.14. The molecule has 0 saturated heterocycles. The third-order valence-corrected chi connectivity index (χ3v) is 14.7. The summed E-state index contributed by atoms with van der Waals surface area (Å²) in [6.07, 6.45) is 1.04. The van der Waals surface area contributed by atoms with Crippen molar-refractivity contribution in [1.29, 1.82) is 0 Å². The van der Waals surface area contributed by atoms with Gasteiger partial charge in [0.2, 0.25) is 0 Å². The molecule has 0 spiro atoms. The van der Waals surface area contributed by atoms with E-state index in [0.29, 0.717) is 28.1 Å². The van der Waals surface area contributed by atoms with Gasteiger partial charge in [-0.1, -0.05) is 94.4 Å². The highest BCUT2D eigenvalue weighted by Gasteiger charge is 2.47. The van der Waals surface area contributed by atoms with Crippen LogP contribution in [-0.2, 0) is 5.41 Å². The van der Waals surface area contributed by atoms with E-state index in [-0.39, 0.29) is 10.8 Å². The van der Waals surface area contributed by atoms with Crippen LogP contribution in [0, 0.1) is 5.41 Å². The average Bonchev–Trinajstić information content (AvgIpc) is 3.10. The van der Waals surface area contributed by atoms with Gasteiger partial charge in [-0.05, 0) is 62.8 Å². The van der Waals surface area contributed by atoms with Crippen LogP contribution in [0.3, 0.4) is 0 Å². The van der Waals surface area contributed by atoms with Crippen molar-refractivity contribution >= 4 is 24.3 Å². The largest absolute Gasteiger partial charge is 0.506 e. The number of fused-ring (bicyclic) bond motifs is 1. The normalized spacial score (nSPS) is 13.6. The molecule has 5 heteroatoms. The summed E-state index contributed by atoms with van der Waals surface area (Å²) in [5, 5.41) is 22.6. The van der Waals surface area contributed by atoms with Gasteiger partial charge in [-0.25, -0.2) is 0 Å². The van der Waals surface area contributed by atoms with Crippen LogP contribution in [0.2, 0.25) is 16.6 Å². The summed E-state index contributed by atoms with van der Waals surface area (Å²) >= 11 is 0. The van der Waals surface area contributed by atoms with Crippen LogP contribution in [0.4, 0.5) is 0 Å². The molecule has 0 amide bonds. The van der Waals surface area contributed by atoms with E-state index in [1.807, 2.05) is 24.3 Å². The Kier molecular flexibility index (Phi) is 7.11. The second-order valence-electron chi connectivity index (χ2n) is 12.9. The number of aromatic nitrogens is 3. The van der Waals surface area contributed by atoms with Crippen molar-refractivity contribution in [2.75, 3.05) is 0 Å². The number of phenols is 1. The summed E-state index contributed by atoms with van der Waals surface area (Å²) < 4.78 is 0. The summed E-state index contributed by atoms with van der Waals surface area (Å²) in [5.74, 6) is 0.360. The van der Waals surface area contributed by atoms with Crippen molar-refractivity contribution in [2.45, 2.75) is 105 Å². The first kappa shape index (κ1) is 26.5. The summed E-state index contributed by atoms with van der Waals surface area (Å²) in [6, 6.07) is 12.4. The van der Waals surface area contributed by atoms with Crippen LogP contribution in [0.5, 0.6) is 5.75 Å². The van der Waals surface area contributed by atoms with Gasteiger partial charge in [0.15, 0.2) is 0 Å². The molecule has 0 atom stereocenters. The topological polar surface area (TPSA) is 50.9 Å². The molecule has 34 heavy (non-hydrogen) atoms. The van der Waals surface area contributed by atoms with Crippen LogP contribution >= 0.6 is 0 Å². The lowest BCUT2D eigenvalue weighted by Gasteiger charge is -2.45. The van der Waals surface area contributed by atoms with E-state index < -0.39 is 8.07 Å². The number of benzene rings is 2. The molecule has 0 fully saturated rings. The molecule has 0 saturated carbocycles. The fraction of sp³-hybridized carbons (Fsp3) is 0.586. The molecule has 0 aliphatic rings. The van der Waals surface area contributed by atoms with E-state index >= 15 is 0 Å². The van der Waals surface area contributed by atoms with Crippen molar-refractivity contribution in [3.63, 3.8) is 0 Å². The van der Waals surface area contributed by atoms with Crippen LogP contribution in [0.15, 0.2) is 36.4 Å². The highest BCUT2D eigenvalue weighted by Crippen LogP contribution is 2.45. The maximum Gasteiger partial charge on any atom is 0.142 e. The highest BCUT2D eigenvalue weighted by atomic mass is 28.3. The van der Waals surface area contributed by atoms with Gasteiger partial charge in [0.05, 0.1) is 8.07 Å². The Morgan fingerprint density at radius 1 is 0.824 bits per heavy atom.